The number of sulfonamides is 1. The molecule has 0 aliphatic carbocycles. The number of halogens is 3. The number of benzene rings is 3. The summed E-state index contributed by atoms with van der Waals surface area (Å²) in [5.74, 6) is -0.901. The van der Waals surface area contributed by atoms with Gasteiger partial charge in [-0.25, -0.2) is 8.42 Å². The Morgan fingerprint density at radius 1 is 0.923 bits per heavy atom. The Balaban J connectivity index is 2.07. The summed E-state index contributed by atoms with van der Waals surface area (Å²) in [5.41, 5.74) is 1.81. The van der Waals surface area contributed by atoms with E-state index < -0.39 is 28.5 Å². The molecule has 2 amide bonds. The molecular weight excluding hydrogens is 625 g/mol. The van der Waals surface area contributed by atoms with Gasteiger partial charge in [0.25, 0.3) is 0 Å². The molecule has 0 heterocycles. The van der Waals surface area contributed by atoms with Crippen molar-refractivity contribution in [3.05, 3.63) is 98.4 Å². The molecule has 0 saturated heterocycles. The maximum absolute atomic E-state index is 14.0. The highest BCUT2D eigenvalue weighted by molar-refractivity contribution is 9.10. The molecule has 0 bridgehead atoms. The number of anilines is 1. The van der Waals surface area contributed by atoms with Crippen molar-refractivity contribution in [2.75, 3.05) is 17.1 Å². The van der Waals surface area contributed by atoms with Gasteiger partial charge in [0.1, 0.15) is 12.6 Å². The van der Waals surface area contributed by atoms with Gasteiger partial charge in [-0.1, -0.05) is 81.6 Å². The van der Waals surface area contributed by atoms with Crippen LogP contribution < -0.4 is 9.62 Å². The molecule has 11 heteroatoms. The zero-order chi connectivity index (χ0) is 28.7. The Labute approximate surface area is 248 Å². The van der Waals surface area contributed by atoms with Crippen LogP contribution >= 0.6 is 39.1 Å². The summed E-state index contributed by atoms with van der Waals surface area (Å²) in [4.78, 5) is 28.9. The van der Waals surface area contributed by atoms with Gasteiger partial charge < -0.3 is 10.2 Å². The predicted molar refractivity (Wildman–Crippen MR) is 161 cm³/mol. The van der Waals surface area contributed by atoms with Crippen LogP contribution in [-0.2, 0) is 32.6 Å². The molecule has 0 aliphatic rings. The topological polar surface area (TPSA) is 86.8 Å². The molecule has 1 N–H and O–H groups in total. The number of hydrogen-bond donors (Lipinski definition) is 1. The minimum Gasteiger partial charge on any atom is -0.352 e. The van der Waals surface area contributed by atoms with E-state index in [0.29, 0.717) is 25.8 Å². The van der Waals surface area contributed by atoms with Gasteiger partial charge in [0.15, 0.2) is 0 Å². The van der Waals surface area contributed by atoms with Gasteiger partial charge in [-0.3, -0.25) is 13.9 Å². The highest BCUT2D eigenvalue weighted by Gasteiger charge is 2.33. The van der Waals surface area contributed by atoms with E-state index in [1.54, 1.807) is 42.5 Å². The van der Waals surface area contributed by atoms with E-state index in [9.17, 15) is 18.0 Å². The first kappa shape index (κ1) is 30.9. The largest absolute Gasteiger partial charge is 0.352 e. The lowest BCUT2D eigenvalue weighted by molar-refractivity contribution is -0.140. The minimum absolute atomic E-state index is 0.00875. The maximum atomic E-state index is 14.0. The van der Waals surface area contributed by atoms with Gasteiger partial charge in [0.2, 0.25) is 21.8 Å². The van der Waals surface area contributed by atoms with E-state index in [0.717, 1.165) is 16.1 Å². The van der Waals surface area contributed by atoms with Gasteiger partial charge in [-0.15, -0.1) is 0 Å². The molecule has 0 aromatic heterocycles. The predicted octanol–water partition coefficient (Wildman–Crippen LogP) is 5.69. The molecule has 0 saturated carbocycles. The summed E-state index contributed by atoms with van der Waals surface area (Å²) in [6, 6.07) is 19.9. The number of nitrogens with zero attached hydrogens (tertiary/aromatic N) is 2. The second-order valence-corrected chi connectivity index (χ2v) is 13.0. The Morgan fingerprint density at radius 2 is 1.62 bits per heavy atom. The third-order valence-corrected chi connectivity index (χ3v) is 8.19. The maximum Gasteiger partial charge on any atom is 0.244 e. The molecule has 208 valence electrons. The van der Waals surface area contributed by atoms with Crippen molar-refractivity contribution in [2.24, 2.45) is 0 Å². The Bertz CT molecular complexity index is 1420. The lowest BCUT2D eigenvalue weighted by Crippen LogP contribution is -2.54. The summed E-state index contributed by atoms with van der Waals surface area (Å²) in [6.45, 7) is 3.17. The third kappa shape index (κ3) is 8.96. The summed E-state index contributed by atoms with van der Waals surface area (Å²) in [6.07, 6.45) is 1.26. The second-order valence-electron chi connectivity index (χ2n) is 9.39. The standard InChI is InChI=1S/C28H30BrCl2N3O4S/c1-19(2)32-28(36)26(15-20-8-5-4-6-9-20)33(17-21-12-13-24(30)25(31)14-21)27(35)18-34(39(3,37)38)23-11-7-10-22(29)16-23/h4-14,16,19,26H,15,17-18H2,1-3H3,(H,32,36)/t26-/m1/s1. The van der Waals surface area contributed by atoms with E-state index in [2.05, 4.69) is 21.2 Å². The molecule has 3 aromatic rings. The van der Waals surface area contributed by atoms with E-state index in [4.69, 9.17) is 23.2 Å². The Kier molecular flexibility index (Phi) is 10.8. The van der Waals surface area contributed by atoms with E-state index in [1.807, 2.05) is 44.2 Å². The highest BCUT2D eigenvalue weighted by Crippen LogP contribution is 2.26. The van der Waals surface area contributed by atoms with Crippen molar-refractivity contribution < 1.29 is 18.0 Å². The van der Waals surface area contributed by atoms with E-state index in [-0.39, 0.29) is 24.9 Å². The van der Waals surface area contributed by atoms with Crippen LogP contribution in [0.25, 0.3) is 0 Å². The summed E-state index contributed by atoms with van der Waals surface area (Å²) < 4.78 is 27.3. The molecule has 0 spiro atoms. The quantitative estimate of drug-likeness (QED) is 0.288. The van der Waals surface area contributed by atoms with Crippen molar-refractivity contribution in [3.63, 3.8) is 0 Å². The van der Waals surface area contributed by atoms with Crippen LogP contribution in [0.5, 0.6) is 0 Å². The lowest BCUT2D eigenvalue weighted by atomic mass is 10.0. The first-order valence-corrected chi connectivity index (χ1v) is 15.6. The van der Waals surface area contributed by atoms with Gasteiger partial charge in [-0.05, 0) is 55.3 Å². The number of nitrogens with one attached hydrogen (secondary N) is 1. The third-order valence-electron chi connectivity index (χ3n) is 5.81. The van der Waals surface area contributed by atoms with E-state index >= 15 is 0 Å². The SMILES string of the molecule is CC(C)NC(=O)[C@@H](Cc1ccccc1)N(Cc1ccc(Cl)c(Cl)c1)C(=O)CN(c1cccc(Br)c1)S(C)(=O)=O. The number of carbonyl (C=O) groups excluding carboxylic acids is 2. The van der Waals surface area contributed by atoms with Crippen molar-refractivity contribution in [2.45, 2.75) is 38.9 Å². The average Bonchev–Trinajstić information content (AvgIpc) is 2.86. The summed E-state index contributed by atoms with van der Waals surface area (Å²) in [7, 11) is -3.85. The molecule has 7 nitrogen and oxygen atoms in total. The fourth-order valence-corrected chi connectivity index (χ4v) is 5.56. The zero-order valence-corrected chi connectivity index (χ0v) is 25.7. The normalized spacial score (nSPS) is 12.2. The van der Waals surface area contributed by atoms with E-state index in [1.165, 1.54) is 4.90 Å². The van der Waals surface area contributed by atoms with Crippen molar-refractivity contribution in [3.8, 4) is 0 Å². The van der Waals surface area contributed by atoms with Crippen molar-refractivity contribution >= 4 is 66.7 Å². The number of rotatable bonds is 11. The Morgan fingerprint density at radius 3 is 2.21 bits per heavy atom. The van der Waals surface area contributed by atoms with Gasteiger partial charge in [0, 0.05) is 23.5 Å². The van der Waals surface area contributed by atoms with Gasteiger partial charge in [0.05, 0.1) is 22.0 Å². The molecule has 3 rings (SSSR count). The molecule has 39 heavy (non-hydrogen) atoms. The zero-order valence-electron chi connectivity index (χ0n) is 21.8. The average molecular weight is 655 g/mol. The van der Waals surface area contributed by atoms with Crippen LogP contribution in [0.3, 0.4) is 0 Å². The molecule has 1 atom stereocenters. The molecule has 0 aliphatic heterocycles. The molecule has 0 unspecified atom stereocenters. The molecule has 0 radical (unpaired) electrons. The fourth-order valence-electron chi connectivity index (χ4n) is 4.01. The lowest BCUT2D eigenvalue weighted by Gasteiger charge is -2.34. The first-order valence-electron chi connectivity index (χ1n) is 12.2. The monoisotopic (exact) mass is 653 g/mol. The second kappa shape index (κ2) is 13.7. The van der Waals surface area contributed by atoms with Crippen LogP contribution in [0.15, 0.2) is 77.3 Å². The highest BCUT2D eigenvalue weighted by atomic mass is 79.9. The van der Waals surface area contributed by atoms with Crippen LogP contribution in [0, 0.1) is 0 Å². The first-order chi connectivity index (χ1) is 18.3. The number of amides is 2. The van der Waals surface area contributed by atoms with Gasteiger partial charge >= 0.3 is 0 Å². The van der Waals surface area contributed by atoms with Crippen LogP contribution in [-0.4, -0.2) is 50.0 Å². The van der Waals surface area contributed by atoms with Crippen molar-refractivity contribution in [1.82, 2.24) is 10.2 Å². The number of hydrogen-bond acceptors (Lipinski definition) is 4. The minimum atomic E-state index is -3.85. The summed E-state index contributed by atoms with van der Waals surface area (Å²) >= 11 is 15.7. The van der Waals surface area contributed by atoms with Crippen molar-refractivity contribution in [1.29, 1.82) is 0 Å². The molecule has 0 fully saturated rings. The molecule has 3 aromatic carbocycles. The fraction of sp³-hybridized carbons (Fsp3) is 0.286. The Hall–Kier alpha value is -2.59. The van der Waals surface area contributed by atoms with Crippen LogP contribution in [0.1, 0.15) is 25.0 Å². The number of carbonyl (C=O) groups is 2. The smallest absolute Gasteiger partial charge is 0.244 e. The van der Waals surface area contributed by atoms with Crippen LogP contribution in [0.2, 0.25) is 10.0 Å². The summed E-state index contributed by atoms with van der Waals surface area (Å²) in [5, 5.41) is 3.57. The van der Waals surface area contributed by atoms with Gasteiger partial charge in [-0.2, -0.15) is 0 Å². The van der Waals surface area contributed by atoms with Crippen LogP contribution in [0.4, 0.5) is 5.69 Å². The molecular formula is C28H30BrCl2N3O4S.